The summed E-state index contributed by atoms with van der Waals surface area (Å²) >= 11 is 0. The highest BCUT2D eigenvalue weighted by molar-refractivity contribution is 5.75. The number of hydrogen-bond acceptors (Lipinski definition) is 3. The minimum Gasteiger partial charge on any atom is -0.394 e. The first-order valence-corrected chi connectivity index (χ1v) is 9.20. The predicted molar refractivity (Wildman–Crippen MR) is 86.8 cm³/mol. The Labute approximate surface area is 134 Å². The lowest BCUT2D eigenvalue weighted by Gasteiger charge is -2.40. The Morgan fingerprint density at radius 3 is 2.55 bits per heavy atom. The maximum Gasteiger partial charge on any atom is 0.317 e. The summed E-state index contributed by atoms with van der Waals surface area (Å²) in [4.78, 5) is 16.9. The third kappa shape index (κ3) is 3.74. The topological polar surface area (TPSA) is 55.8 Å². The maximum atomic E-state index is 12.5. The summed E-state index contributed by atoms with van der Waals surface area (Å²) in [5.74, 6) is 0. The SMILES string of the molecule is O=C(NC1CCCN(C2CCCCC2)C1)N1CCCC1CO. The molecule has 2 atom stereocenters. The van der Waals surface area contributed by atoms with Crippen LogP contribution >= 0.6 is 0 Å². The number of aliphatic hydroxyl groups is 1. The molecule has 2 unspecified atom stereocenters. The van der Waals surface area contributed by atoms with E-state index in [1.54, 1.807) is 0 Å². The first-order valence-electron chi connectivity index (χ1n) is 9.20. The van der Waals surface area contributed by atoms with Crippen molar-refractivity contribution in [2.75, 3.05) is 26.2 Å². The number of urea groups is 1. The Hall–Kier alpha value is -0.810. The van der Waals surface area contributed by atoms with E-state index < -0.39 is 0 Å². The van der Waals surface area contributed by atoms with Gasteiger partial charge in [0, 0.05) is 25.2 Å². The van der Waals surface area contributed by atoms with E-state index in [-0.39, 0.29) is 24.7 Å². The maximum absolute atomic E-state index is 12.5. The second-order valence-corrected chi connectivity index (χ2v) is 7.25. The molecule has 0 aromatic rings. The molecule has 22 heavy (non-hydrogen) atoms. The fourth-order valence-electron chi connectivity index (χ4n) is 4.45. The van der Waals surface area contributed by atoms with Crippen LogP contribution in [0.1, 0.15) is 57.8 Å². The molecule has 0 aromatic carbocycles. The van der Waals surface area contributed by atoms with Gasteiger partial charge in [-0.05, 0) is 45.1 Å². The van der Waals surface area contributed by atoms with E-state index in [1.165, 1.54) is 45.1 Å². The summed E-state index contributed by atoms with van der Waals surface area (Å²) in [6.45, 7) is 3.08. The van der Waals surface area contributed by atoms with Gasteiger partial charge in [0.15, 0.2) is 0 Å². The van der Waals surface area contributed by atoms with Gasteiger partial charge in [0.25, 0.3) is 0 Å². The first kappa shape index (κ1) is 16.1. The summed E-state index contributed by atoms with van der Waals surface area (Å²) in [6.07, 6.45) is 11.0. The van der Waals surface area contributed by atoms with Crippen LogP contribution in [-0.4, -0.2) is 65.3 Å². The molecule has 3 rings (SSSR count). The Bertz CT molecular complexity index is 371. The van der Waals surface area contributed by atoms with Gasteiger partial charge in [-0.25, -0.2) is 4.79 Å². The molecule has 2 amide bonds. The Morgan fingerprint density at radius 2 is 1.77 bits per heavy atom. The average Bonchev–Trinajstić information content (AvgIpc) is 3.05. The van der Waals surface area contributed by atoms with Crippen LogP contribution in [0, 0.1) is 0 Å². The Kier molecular flexibility index (Phi) is 5.58. The monoisotopic (exact) mass is 309 g/mol. The molecule has 2 saturated heterocycles. The molecule has 3 fully saturated rings. The van der Waals surface area contributed by atoms with E-state index in [1.807, 2.05) is 4.90 Å². The van der Waals surface area contributed by atoms with Crippen molar-refractivity contribution in [3.05, 3.63) is 0 Å². The molecule has 126 valence electrons. The number of carbonyl (C=O) groups is 1. The lowest BCUT2D eigenvalue weighted by atomic mass is 9.92. The highest BCUT2D eigenvalue weighted by atomic mass is 16.3. The normalized spacial score (nSPS) is 31.4. The lowest BCUT2D eigenvalue weighted by molar-refractivity contribution is 0.106. The Balaban J connectivity index is 1.50. The minimum atomic E-state index is 0.0260. The number of carbonyl (C=O) groups excluding carboxylic acids is 1. The molecule has 5 nitrogen and oxygen atoms in total. The molecular weight excluding hydrogens is 278 g/mol. The van der Waals surface area contributed by atoms with Gasteiger partial charge in [-0.1, -0.05) is 19.3 Å². The van der Waals surface area contributed by atoms with E-state index in [9.17, 15) is 9.90 Å². The number of piperidine rings is 1. The zero-order valence-corrected chi connectivity index (χ0v) is 13.7. The van der Waals surface area contributed by atoms with Gasteiger partial charge in [0.2, 0.25) is 0 Å². The summed E-state index contributed by atoms with van der Waals surface area (Å²) in [5.41, 5.74) is 0. The fraction of sp³-hybridized carbons (Fsp3) is 0.941. The van der Waals surface area contributed by atoms with Crippen molar-refractivity contribution >= 4 is 6.03 Å². The first-order chi connectivity index (χ1) is 10.8. The quantitative estimate of drug-likeness (QED) is 0.838. The van der Waals surface area contributed by atoms with Crippen LogP contribution in [0.2, 0.25) is 0 Å². The van der Waals surface area contributed by atoms with E-state index >= 15 is 0 Å². The van der Waals surface area contributed by atoms with E-state index in [4.69, 9.17) is 0 Å². The molecule has 0 aromatic heterocycles. The standard InChI is InChI=1S/C17H31N3O2/c21-13-16-9-5-11-20(16)17(22)18-14-6-4-10-19(12-14)15-7-2-1-3-8-15/h14-16,21H,1-13H2,(H,18,22). The van der Waals surface area contributed by atoms with Crippen LogP contribution in [0.5, 0.6) is 0 Å². The molecule has 0 spiro atoms. The van der Waals surface area contributed by atoms with Crippen LogP contribution < -0.4 is 5.32 Å². The highest BCUT2D eigenvalue weighted by Gasteiger charge is 2.32. The Morgan fingerprint density at radius 1 is 1.00 bits per heavy atom. The zero-order valence-electron chi connectivity index (χ0n) is 13.7. The van der Waals surface area contributed by atoms with Crippen molar-refractivity contribution in [2.45, 2.75) is 75.9 Å². The van der Waals surface area contributed by atoms with Gasteiger partial charge in [-0.2, -0.15) is 0 Å². The summed E-state index contributed by atoms with van der Waals surface area (Å²) in [5, 5.41) is 12.6. The summed E-state index contributed by atoms with van der Waals surface area (Å²) in [6, 6.07) is 1.08. The lowest BCUT2D eigenvalue weighted by Crippen LogP contribution is -2.54. The molecule has 0 bridgehead atoms. The number of nitrogens with one attached hydrogen (secondary N) is 1. The van der Waals surface area contributed by atoms with Crippen molar-refractivity contribution in [1.82, 2.24) is 15.1 Å². The van der Waals surface area contributed by atoms with Crippen molar-refractivity contribution in [3.63, 3.8) is 0 Å². The third-order valence-corrected chi connectivity index (χ3v) is 5.72. The van der Waals surface area contributed by atoms with Gasteiger partial charge < -0.3 is 15.3 Å². The largest absolute Gasteiger partial charge is 0.394 e. The molecule has 0 radical (unpaired) electrons. The predicted octanol–water partition coefficient (Wildman–Crippen LogP) is 1.95. The number of amides is 2. The zero-order chi connectivity index (χ0) is 15.4. The van der Waals surface area contributed by atoms with E-state index in [0.29, 0.717) is 0 Å². The number of likely N-dealkylation sites (tertiary alicyclic amines) is 2. The molecule has 2 N–H and O–H groups in total. The van der Waals surface area contributed by atoms with Gasteiger partial charge >= 0.3 is 6.03 Å². The average molecular weight is 309 g/mol. The van der Waals surface area contributed by atoms with Crippen LogP contribution in [0.15, 0.2) is 0 Å². The number of hydrogen-bond donors (Lipinski definition) is 2. The third-order valence-electron chi connectivity index (χ3n) is 5.72. The van der Waals surface area contributed by atoms with Crippen molar-refractivity contribution < 1.29 is 9.90 Å². The van der Waals surface area contributed by atoms with Crippen molar-refractivity contribution in [1.29, 1.82) is 0 Å². The smallest absolute Gasteiger partial charge is 0.317 e. The summed E-state index contributed by atoms with van der Waals surface area (Å²) in [7, 11) is 0. The molecule has 1 aliphatic carbocycles. The second-order valence-electron chi connectivity index (χ2n) is 7.25. The van der Waals surface area contributed by atoms with Crippen LogP contribution in [0.3, 0.4) is 0 Å². The van der Waals surface area contributed by atoms with Crippen LogP contribution in [0.4, 0.5) is 4.79 Å². The minimum absolute atomic E-state index is 0.0260. The van der Waals surface area contributed by atoms with Crippen LogP contribution in [0.25, 0.3) is 0 Å². The van der Waals surface area contributed by atoms with Gasteiger partial charge in [0.05, 0.1) is 12.6 Å². The number of nitrogens with zero attached hydrogens (tertiary/aromatic N) is 2. The molecule has 1 saturated carbocycles. The van der Waals surface area contributed by atoms with Gasteiger partial charge in [0.1, 0.15) is 0 Å². The fourth-order valence-corrected chi connectivity index (χ4v) is 4.45. The number of aliphatic hydroxyl groups excluding tert-OH is 1. The molecular formula is C17H31N3O2. The van der Waals surface area contributed by atoms with Crippen molar-refractivity contribution in [2.24, 2.45) is 0 Å². The van der Waals surface area contributed by atoms with Crippen molar-refractivity contribution in [3.8, 4) is 0 Å². The van der Waals surface area contributed by atoms with E-state index in [2.05, 4.69) is 10.2 Å². The molecule has 5 heteroatoms. The van der Waals surface area contributed by atoms with Gasteiger partial charge in [-0.15, -0.1) is 0 Å². The van der Waals surface area contributed by atoms with Gasteiger partial charge in [-0.3, -0.25) is 4.90 Å². The second kappa shape index (κ2) is 7.64. The van der Waals surface area contributed by atoms with Crippen LogP contribution in [-0.2, 0) is 0 Å². The summed E-state index contributed by atoms with van der Waals surface area (Å²) < 4.78 is 0. The highest BCUT2D eigenvalue weighted by Crippen LogP contribution is 2.25. The number of rotatable bonds is 3. The van der Waals surface area contributed by atoms with E-state index in [0.717, 1.165) is 38.4 Å². The molecule has 3 aliphatic rings. The molecule has 2 aliphatic heterocycles. The molecule has 2 heterocycles.